The number of hydrogen-bond donors (Lipinski definition) is 0. The van der Waals surface area contributed by atoms with Crippen LogP contribution in [0.5, 0.6) is 0 Å². The average Bonchev–Trinajstić information content (AvgIpc) is 2.58. The first kappa shape index (κ1) is 9.81. The summed E-state index contributed by atoms with van der Waals surface area (Å²) >= 11 is 20.6. The highest BCUT2D eigenvalue weighted by atomic mass is 35.5. The molecule has 13 heavy (non-hydrogen) atoms. The SMILES string of the molecule is Clc1csc(-c2sc(Cl)cc2Cl)c1. The van der Waals surface area contributed by atoms with Gasteiger partial charge < -0.3 is 0 Å². The minimum atomic E-state index is 0.688. The van der Waals surface area contributed by atoms with E-state index in [1.165, 1.54) is 11.3 Å². The summed E-state index contributed by atoms with van der Waals surface area (Å²) in [7, 11) is 0. The van der Waals surface area contributed by atoms with E-state index < -0.39 is 0 Å². The standard InChI is InChI=1S/C8H3Cl3S2/c9-4-1-6(12-3-4)8-5(10)2-7(11)13-8/h1-3H. The predicted molar refractivity (Wildman–Crippen MR) is 62.7 cm³/mol. The van der Waals surface area contributed by atoms with E-state index in [9.17, 15) is 0 Å². The number of rotatable bonds is 1. The molecule has 0 amide bonds. The van der Waals surface area contributed by atoms with Crippen molar-refractivity contribution < 1.29 is 0 Å². The average molecular weight is 270 g/mol. The quantitative estimate of drug-likeness (QED) is 0.647. The van der Waals surface area contributed by atoms with Crippen LogP contribution in [-0.2, 0) is 0 Å². The van der Waals surface area contributed by atoms with Crippen LogP contribution in [0, 0.1) is 0 Å². The van der Waals surface area contributed by atoms with Gasteiger partial charge in [0.2, 0.25) is 0 Å². The van der Waals surface area contributed by atoms with E-state index in [-0.39, 0.29) is 0 Å². The van der Waals surface area contributed by atoms with E-state index in [4.69, 9.17) is 34.8 Å². The largest absolute Gasteiger partial charge is 0.141 e. The molecule has 0 aromatic carbocycles. The summed E-state index contributed by atoms with van der Waals surface area (Å²) in [5.41, 5.74) is 0. The first-order chi connectivity index (χ1) is 6.16. The van der Waals surface area contributed by atoms with Gasteiger partial charge in [0.05, 0.1) is 19.3 Å². The van der Waals surface area contributed by atoms with Crippen LogP contribution in [0.1, 0.15) is 0 Å². The van der Waals surface area contributed by atoms with E-state index in [2.05, 4.69) is 0 Å². The Labute approximate surface area is 98.7 Å². The minimum absolute atomic E-state index is 0.688. The first-order valence-electron chi connectivity index (χ1n) is 3.36. The maximum absolute atomic E-state index is 5.98. The van der Waals surface area contributed by atoms with Gasteiger partial charge in [-0.3, -0.25) is 0 Å². The van der Waals surface area contributed by atoms with Gasteiger partial charge in [0.15, 0.2) is 0 Å². The molecule has 0 saturated heterocycles. The second-order valence-electron chi connectivity index (χ2n) is 2.36. The van der Waals surface area contributed by atoms with Crippen LogP contribution in [0.4, 0.5) is 0 Å². The predicted octanol–water partition coefficient (Wildman–Crippen LogP) is 5.44. The molecule has 0 atom stereocenters. The zero-order valence-electron chi connectivity index (χ0n) is 6.18. The highest BCUT2D eigenvalue weighted by Gasteiger charge is 2.10. The zero-order valence-corrected chi connectivity index (χ0v) is 10.1. The van der Waals surface area contributed by atoms with Crippen molar-refractivity contribution >= 4 is 57.5 Å². The Bertz CT molecular complexity index is 430. The van der Waals surface area contributed by atoms with Crippen molar-refractivity contribution in [2.75, 3.05) is 0 Å². The minimum Gasteiger partial charge on any atom is -0.141 e. The maximum Gasteiger partial charge on any atom is 0.0950 e. The topological polar surface area (TPSA) is 0 Å². The third-order valence-electron chi connectivity index (χ3n) is 1.45. The van der Waals surface area contributed by atoms with Crippen molar-refractivity contribution in [3.8, 4) is 9.75 Å². The van der Waals surface area contributed by atoms with Crippen molar-refractivity contribution in [1.82, 2.24) is 0 Å². The Hall–Kier alpha value is 0.270. The second kappa shape index (κ2) is 3.79. The molecule has 2 aromatic heterocycles. The molecule has 2 rings (SSSR count). The van der Waals surface area contributed by atoms with Gasteiger partial charge in [0.1, 0.15) is 0 Å². The molecule has 68 valence electrons. The van der Waals surface area contributed by atoms with Crippen molar-refractivity contribution in [3.05, 3.63) is 31.9 Å². The van der Waals surface area contributed by atoms with Gasteiger partial charge in [-0.25, -0.2) is 0 Å². The van der Waals surface area contributed by atoms with Crippen LogP contribution < -0.4 is 0 Å². The Morgan fingerprint density at radius 1 is 1.08 bits per heavy atom. The van der Waals surface area contributed by atoms with Crippen LogP contribution in [0.15, 0.2) is 17.5 Å². The van der Waals surface area contributed by atoms with E-state index in [0.29, 0.717) is 9.36 Å². The molecule has 2 heterocycles. The summed E-state index contributed by atoms with van der Waals surface area (Å²) < 4.78 is 0.699. The lowest BCUT2D eigenvalue weighted by Gasteiger charge is -1.89. The summed E-state index contributed by atoms with van der Waals surface area (Å²) in [5.74, 6) is 0. The van der Waals surface area contributed by atoms with Crippen molar-refractivity contribution in [2.45, 2.75) is 0 Å². The highest BCUT2D eigenvalue weighted by Crippen LogP contribution is 2.41. The highest BCUT2D eigenvalue weighted by molar-refractivity contribution is 7.24. The summed E-state index contributed by atoms with van der Waals surface area (Å²) in [5, 5.41) is 3.30. The Balaban J connectivity index is 2.51. The fraction of sp³-hybridized carbons (Fsp3) is 0. The van der Waals surface area contributed by atoms with Crippen LogP contribution in [0.3, 0.4) is 0 Å². The lowest BCUT2D eigenvalue weighted by Crippen LogP contribution is -1.61. The number of halogens is 3. The second-order valence-corrected chi connectivity index (χ2v) is 5.80. The summed E-state index contributed by atoms with van der Waals surface area (Å²) in [6.07, 6.45) is 0. The van der Waals surface area contributed by atoms with E-state index in [1.807, 2.05) is 11.4 Å². The van der Waals surface area contributed by atoms with E-state index in [0.717, 1.165) is 14.8 Å². The lowest BCUT2D eigenvalue weighted by atomic mass is 10.4. The number of thiophene rings is 2. The number of hydrogen-bond acceptors (Lipinski definition) is 2. The van der Waals surface area contributed by atoms with Gasteiger partial charge in [-0.15, -0.1) is 22.7 Å². The van der Waals surface area contributed by atoms with Gasteiger partial charge in [0.25, 0.3) is 0 Å². The molecule has 0 nitrogen and oxygen atoms in total. The molecule has 0 fully saturated rings. The molecular weight excluding hydrogens is 267 g/mol. The molecule has 2 aromatic rings. The molecular formula is C8H3Cl3S2. The fourth-order valence-corrected chi connectivity index (χ4v) is 3.77. The van der Waals surface area contributed by atoms with Crippen molar-refractivity contribution in [2.24, 2.45) is 0 Å². The molecule has 0 unspecified atom stereocenters. The van der Waals surface area contributed by atoms with Gasteiger partial charge in [0, 0.05) is 10.3 Å². The fourth-order valence-electron chi connectivity index (χ4n) is 0.941. The molecule has 0 spiro atoms. The van der Waals surface area contributed by atoms with Crippen LogP contribution in [-0.4, -0.2) is 0 Å². The summed E-state index contributed by atoms with van der Waals surface area (Å²) in [6, 6.07) is 3.64. The molecule has 0 aliphatic rings. The maximum atomic E-state index is 5.98. The van der Waals surface area contributed by atoms with Crippen LogP contribution in [0.2, 0.25) is 14.4 Å². The third kappa shape index (κ3) is 2.03. The molecule has 0 N–H and O–H groups in total. The van der Waals surface area contributed by atoms with Gasteiger partial charge in [-0.1, -0.05) is 34.8 Å². The molecule has 0 aliphatic carbocycles. The van der Waals surface area contributed by atoms with Crippen molar-refractivity contribution in [3.63, 3.8) is 0 Å². The van der Waals surface area contributed by atoms with E-state index >= 15 is 0 Å². The first-order valence-corrected chi connectivity index (χ1v) is 6.19. The molecule has 0 aliphatic heterocycles. The van der Waals surface area contributed by atoms with Crippen LogP contribution in [0.25, 0.3) is 9.75 Å². The monoisotopic (exact) mass is 268 g/mol. The molecule has 0 saturated carbocycles. The smallest absolute Gasteiger partial charge is 0.0950 e. The van der Waals surface area contributed by atoms with E-state index in [1.54, 1.807) is 17.4 Å². The van der Waals surface area contributed by atoms with Crippen molar-refractivity contribution in [1.29, 1.82) is 0 Å². The molecule has 0 radical (unpaired) electrons. The van der Waals surface area contributed by atoms with Gasteiger partial charge in [-0.2, -0.15) is 0 Å². The summed E-state index contributed by atoms with van der Waals surface area (Å²) in [6.45, 7) is 0. The Kier molecular flexibility index (Phi) is 2.86. The lowest BCUT2D eigenvalue weighted by molar-refractivity contribution is 1.92. The Morgan fingerprint density at radius 2 is 1.85 bits per heavy atom. The van der Waals surface area contributed by atoms with Crippen LogP contribution >= 0.6 is 57.5 Å². The zero-order chi connectivity index (χ0) is 9.42. The normalized spacial score (nSPS) is 10.7. The van der Waals surface area contributed by atoms with Gasteiger partial charge in [-0.05, 0) is 12.1 Å². The molecule has 0 bridgehead atoms. The molecule has 5 heteroatoms. The Morgan fingerprint density at radius 3 is 2.31 bits per heavy atom. The van der Waals surface area contributed by atoms with Gasteiger partial charge >= 0.3 is 0 Å². The third-order valence-corrected chi connectivity index (χ3v) is 4.58. The summed E-state index contributed by atoms with van der Waals surface area (Å²) in [4.78, 5) is 2.05.